The average molecular weight is 550 g/mol. The summed E-state index contributed by atoms with van der Waals surface area (Å²) < 4.78 is 67.2. The van der Waals surface area contributed by atoms with Gasteiger partial charge in [-0.25, -0.2) is 18.4 Å². The van der Waals surface area contributed by atoms with Gasteiger partial charge >= 0.3 is 6.18 Å². The van der Waals surface area contributed by atoms with Crippen molar-refractivity contribution in [2.45, 2.75) is 49.2 Å². The van der Waals surface area contributed by atoms with E-state index in [2.05, 4.69) is 44.7 Å². The lowest BCUT2D eigenvalue weighted by atomic mass is 9.94. The first-order valence-electron chi connectivity index (χ1n) is 12.2. The number of hydrogen-bond donors (Lipinski definition) is 2. The van der Waals surface area contributed by atoms with Crippen LogP contribution in [0.5, 0.6) is 0 Å². The van der Waals surface area contributed by atoms with E-state index in [4.69, 9.17) is 0 Å². The van der Waals surface area contributed by atoms with Crippen LogP contribution in [0.2, 0.25) is 0 Å². The molecule has 12 heteroatoms. The Bertz CT molecular complexity index is 1480. The fourth-order valence-corrected chi connectivity index (χ4v) is 7.95. The van der Waals surface area contributed by atoms with Crippen molar-refractivity contribution < 1.29 is 21.6 Å². The molecule has 196 valence electrons. The molecule has 2 N–H and O–H groups in total. The molecule has 3 aromatic rings. The maximum Gasteiger partial charge on any atom is 0.420 e. The van der Waals surface area contributed by atoms with Crippen molar-refractivity contribution in [2.24, 2.45) is 0 Å². The van der Waals surface area contributed by atoms with Gasteiger partial charge in [-0.1, -0.05) is 6.07 Å². The third kappa shape index (κ3) is 4.82. The summed E-state index contributed by atoms with van der Waals surface area (Å²) in [5, 5.41) is 6.59. The van der Waals surface area contributed by atoms with E-state index in [1.54, 1.807) is 0 Å². The topological polar surface area (TPSA) is 87.2 Å². The molecule has 1 aliphatic carbocycles. The predicted molar refractivity (Wildman–Crippen MR) is 137 cm³/mol. The lowest BCUT2D eigenvalue weighted by molar-refractivity contribution is -0.137. The van der Waals surface area contributed by atoms with Gasteiger partial charge < -0.3 is 15.5 Å². The third-order valence-electron chi connectivity index (χ3n) is 7.07. The van der Waals surface area contributed by atoms with Crippen molar-refractivity contribution in [3.05, 3.63) is 46.6 Å². The zero-order chi connectivity index (χ0) is 25.9. The molecule has 0 radical (unpaired) electrons. The van der Waals surface area contributed by atoms with E-state index in [1.165, 1.54) is 17.2 Å². The molecule has 4 heterocycles. The van der Waals surface area contributed by atoms with Crippen LogP contribution in [-0.4, -0.2) is 49.2 Å². The van der Waals surface area contributed by atoms with Crippen molar-refractivity contribution in [1.29, 1.82) is 0 Å². The molecular weight excluding hydrogens is 523 g/mol. The van der Waals surface area contributed by atoms with E-state index < -0.39 is 21.6 Å². The molecule has 0 bridgehead atoms. The highest BCUT2D eigenvalue weighted by Crippen LogP contribution is 2.46. The third-order valence-corrected chi connectivity index (χ3v) is 10.1. The number of anilines is 3. The Balaban J connectivity index is 1.42. The van der Waals surface area contributed by atoms with Crippen LogP contribution in [-0.2, 0) is 29.0 Å². The molecule has 0 amide bonds. The molecule has 0 atom stereocenters. The second-order valence-electron chi connectivity index (χ2n) is 9.95. The summed E-state index contributed by atoms with van der Waals surface area (Å²) >= 11 is 0.973. The SMILES string of the molecule is CN1CCc2cc(Nc3ncc(C(F)(F)F)c(-c4cc5c(s4)NCCCS5(=O)=O)n3)c(C3CC3)cc2C1. The Morgan fingerprint density at radius 3 is 2.76 bits per heavy atom. The molecule has 0 unspecified atom stereocenters. The lowest BCUT2D eigenvalue weighted by Gasteiger charge is -2.27. The first kappa shape index (κ1) is 24.6. The van der Waals surface area contributed by atoms with Crippen molar-refractivity contribution in [3.63, 3.8) is 0 Å². The summed E-state index contributed by atoms with van der Waals surface area (Å²) in [5.41, 5.74) is 3.13. The molecular formula is C25H26F3N5O2S2. The number of hydrogen-bond acceptors (Lipinski definition) is 8. The number of fused-ring (bicyclic) bond motifs is 2. The van der Waals surface area contributed by atoms with Gasteiger partial charge in [-0.2, -0.15) is 13.2 Å². The van der Waals surface area contributed by atoms with Gasteiger partial charge in [0.1, 0.15) is 15.5 Å². The van der Waals surface area contributed by atoms with Crippen LogP contribution in [0.4, 0.5) is 29.8 Å². The van der Waals surface area contributed by atoms with E-state index >= 15 is 0 Å². The summed E-state index contributed by atoms with van der Waals surface area (Å²) in [7, 11) is -1.50. The van der Waals surface area contributed by atoms with Gasteiger partial charge in [0.25, 0.3) is 0 Å². The summed E-state index contributed by atoms with van der Waals surface area (Å²) in [5.74, 6) is 0.416. The molecule has 37 heavy (non-hydrogen) atoms. The number of rotatable bonds is 4. The Hall–Kier alpha value is -2.70. The summed E-state index contributed by atoms with van der Waals surface area (Å²) in [6.45, 7) is 2.25. The quantitative estimate of drug-likeness (QED) is 0.449. The van der Waals surface area contributed by atoms with E-state index in [1.807, 2.05) is 0 Å². The zero-order valence-corrected chi connectivity index (χ0v) is 21.8. The number of halogens is 3. The highest BCUT2D eigenvalue weighted by atomic mass is 32.2. The Morgan fingerprint density at radius 1 is 1.19 bits per heavy atom. The first-order valence-corrected chi connectivity index (χ1v) is 14.7. The van der Waals surface area contributed by atoms with E-state index in [0.29, 0.717) is 23.9 Å². The number of aromatic nitrogens is 2. The predicted octanol–water partition coefficient (Wildman–Crippen LogP) is 5.42. The fraction of sp³-hybridized carbons (Fsp3) is 0.440. The molecule has 2 aromatic heterocycles. The molecule has 0 spiro atoms. The molecule has 6 rings (SSSR count). The maximum atomic E-state index is 14.0. The largest absolute Gasteiger partial charge is 0.420 e. The van der Waals surface area contributed by atoms with Crippen LogP contribution in [0.3, 0.4) is 0 Å². The van der Waals surface area contributed by atoms with Crippen LogP contribution in [0.15, 0.2) is 29.3 Å². The number of likely N-dealkylation sites (N-methyl/N-ethyl adjacent to an activating group) is 1. The normalized spacial score (nSPS) is 19.5. The highest BCUT2D eigenvalue weighted by Gasteiger charge is 2.37. The highest BCUT2D eigenvalue weighted by molar-refractivity contribution is 7.91. The second-order valence-corrected chi connectivity index (χ2v) is 13.1. The van der Waals surface area contributed by atoms with Crippen LogP contribution in [0, 0.1) is 0 Å². The zero-order valence-electron chi connectivity index (χ0n) is 20.2. The van der Waals surface area contributed by atoms with Crippen molar-refractivity contribution in [3.8, 4) is 10.6 Å². The molecule has 1 fully saturated rings. The van der Waals surface area contributed by atoms with Crippen molar-refractivity contribution in [2.75, 3.05) is 36.5 Å². The molecule has 0 saturated heterocycles. The summed E-state index contributed by atoms with van der Waals surface area (Å²) in [6.07, 6.45) is -0.433. The minimum Gasteiger partial charge on any atom is -0.376 e. The Morgan fingerprint density at radius 2 is 2.00 bits per heavy atom. The number of sulfone groups is 1. The van der Waals surface area contributed by atoms with Crippen molar-refractivity contribution in [1.82, 2.24) is 14.9 Å². The number of benzene rings is 1. The number of thiophene rings is 1. The standard InChI is InChI=1S/C25H26F3N5O2S2/c1-33-7-5-15-10-19(17(14-3-4-14)9-16(15)13-33)31-24-30-12-18(25(26,27)28)22(32-24)20-11-21-23(36-20)29-6-2-8-37(21,34)35/h9-12,14,29H,2-8,13H2,1H3,(H,30,31,32). The summed E-state index contributed by atoms with van der Waals surface area (Å²) in [4.78, 5) is 10.8. The number of nitrogens with zero attached hydrogens (tertiary/aromatic N) is 3. The average Bonchev–Trinajstić information content (AvgIpc) is 3.61. The Kier molecular flexibility index (Phi) is 5.96. The minimum absolute atomic E-state index is 0.0296. The van der Waals surface area contributed by atoms with Crippen LogP contribution >= 0.6 is 11.3 Å². The second kappa shape index (κ2) is 8.95. The van der Waals surface area contributed by atoms with E-state index in [0.717, 1.165) is 61.1 Å². The van der Waals surface area contributed by atoms with Crippen LogP contribution in [0.25, 0.3) is 10.6 Å². The molecule has 1 aromatic carbocycles. The van der Waals surface area contributed by atoms with Crippen molar-refractivity contribution >= 4 is 37.8 Å². The van der Waals surface area contributed by atoms with Gasteiger partial charge in [0.15, 0.2) is 9.84 Å². The maximum absolute atomic E-state index is 14.0. The van der Waals surface area contributed by atoms with Crippen LogP contribution < -0.4 is 10.6 Å². The summed E-state index contributed by atoms with van der Waals surface area (Å²) in [6, 6.07) is 5.60. The van der Waals surface area contributed by atoms with Gasteiger partial charge in [-0.3, -0.25) is 0 Å². The van der Waals surface area contributed by atoms with Gasteiger partial charge in [0.2, 0.25) is 5.95 Å². The number of alkyl halides is 3. The first-order chi connectivity index (χ1) is 17.6. The monoisotopic (exact) mass is 549 g/mol. The molecule has 1 saturated carbocycles. The smallest absolute Gasteiger partial charge is 0.376 e. The van der Waals surface area contributed by atoms with Gasteiger partial charge in [0.05, 0.1) is 16.3 Å². The number of nitrogens with one attached hydrogen (secondary N) is 2. The van der Waals surface area contributed by atoms with Gasteiger partial charge in [-0.15, -0.1) is 11.3 Å². The van der Waals surface area contributed by atoms with Crippen LogP contribution in [0.1, 0.15) is 47.4 Å². The fourth-order valence-electron chi connectivity index (χ4n) is 4.99. The van der Waals surface area contributed by atoms with E-state index in [-0.39, 0.29) is 27.2 Å². The molecule has 3 aliphatic rings. The van der Waals surface area contributed by atoms with Gasteiger partial charge in [-0.05, 0) is 67.5 Å². The Labute approximate surface area is 217 Å². The van der Waals surface area contributed by atoms with E-state index in [9.17, 15) is 21.6 Å². The lowest BCUT2D eigenvalue weighted by Crippen LogP contribution is -2.26. The molecule has 2 aliphatic heterocycles. The minimum atomic E-state index is -4.70. The van der Waals surface area contributed by atoms with Gasteiger partial charge in [0, 0.05) is 31.5 Å². The molecule has 7 nitrogen and oxygen atoms in total.